The van der Waals surface area contributed by atoms with Crippen molar-refractivity contribution >= 4 is 27.9 Å². The third-order valence-electron chi connectivity index (χ3n) is 3.96. The van der Waals surface area contributed by atoms with Gasteiger partial charge in [-0.1, -0.05) is 28.1 Å². The Morgan fingerprint density at radius 2 is 1.80 bits per heavy atom. The number of imide groups is 1. The van der Waals surface area contributed by atoms with Crippen molar-refractivity contribution in [3.05, 3.63) is 34.3 Å². The van der Waals surface area contributed by atoms with Gasteiger partial charge in [0.05, 0.1) is 6.54 Å². The number of carbonyl (C=O) groups is 2. The van der Waals surface area contributed by atoms with Crippen molar-refractivity contribution in [3.8, 4) is 0 Å². The number of benzene rings is 1. The maximum Gasteiger partial charge on any atom is 0.325 e. The molecule has 0 aromatic heterocycles. The highest BCUT2D eigenvalue weighted by molar-refractivity contribution is 9.10. The van der Waals surface area contributed by atoms with Crippen LogP contribution in [0, 0.1) is 0 Å². The summed E-state index contributed by atoms with van der Waals surface area (Å²) in [4.78, 5) is 26.0. The lowest BCUT2D eigenvalue weighted by atomic mass is 9.88. The van der Waals surface area contributed by atoms with Crippen molar-refractivity contribution in [2.24, 2.45) is 0 Å². The highest BCUT2D eigenvalue weighted by Crippen LogP contribution is 2.28. The maximum absolute atomic E-state index is 12.6. The SMILES string of the molecule is O=C1NC2(CCNCC2)C(=O)N1Cc1ccc(Br)cc1. The van der Waals surface area contributed by atoms with E-state index in [0.717, 1.165) is 23.1 Å². The van der Waals surface area contributed by atoms with Gasteiger partial charge in [-0.25, -0.2) is 4.79 Å². The quantitative estimate of drug-likeness (QED) is 0.806. The minimum Gasteiger partial charge on any atom is -0.323 e. The second-order valence-electron chi connectivity index (χ2n) is 5.28. The molecule has 2 N–H and O–H groups in total. The van der Waals surface area contributed by atoms with E-state index in [1.165, 1.54) is 4.90 Å². The van der Waals surface area contributed by atoms with Gasteiger partial charge in [0, 0.05) is 4.47 Å². The average Bonchev–Trinajstić information content (AvgIpc) is 2.67. The highest BCUT2D eigenvalue weighted by Gasteiger charge is 2.51. The van der Waals surface area contributed by atoms with Crippen molar-refractivity contribution in [2.75, 3.05) is 13.1 Å². The first kappa shape index (κ1) is 13.6. The molecule has 2 saturated heterocycles. The Bertz CT molecular complexity index is 538. The predicted molar refractivity (Wildman–Crippen MR) is 78.1 cm³/mol. The summed E-state index contributed by atoms with van der Waals surface area (Å²) in [5.41, 5.74) is 0.264. The minimum atomic E-state index is -0.683. The second-order valence-corrected chi connectivity index (χ2v) is 6.20. The van der Waals surface area contributed by atoms with Crippen molar-refractivity contribution < 1.29 is 9.59 Å². The average molecular weight is 338 g/mol. The molecule has 0 aliphatic carbocycles. The molecule has 3 rings (SSSR count). The van der Waals surface area contributed by atoms with Crippen molar-refractivity contribution in [2.45, 2.75) is 24.9 Å². The number of rotatable bonds is 2. The largest absolute Gasteiger partial charge is 0.325 e. The molecule has 0 unspecified atom stereocenters. The lowest BCUT2D eigenvalue weighted by Crippen LogP contribution is -2.53. The number of carbonyl (C=O) groups excluding carboxylic acids is 2. The molecule has 3 amide bonds. The van der Waals surface area contributed by atoms with E-state index in [1.54, 1.807) is 0 Å². The van der Waals surface area contributed by atoms with Crippen molar-refractivity contribution in [1.82, 2.24) is 15.5 Å². The van der Waals surface area contributed by atoms with E-state index < -0.39 is 5.54 Å². The van der Waals surface area contributed by atoms with Gasteiger partial charge < -0.3 is 10.6 Å². The van der Waals surface area contributed by atoms with E-state index >= 15 is 0 Å². The number of hydrogen-bond acceptors (Lipinski definition) is 3. The molecule has 1 aromatic rings. The molecule has 2 heterocycles. The molecule has 1 aromatic carbocycles. The number of nitrogens with one attached hydrogen (secondary N) is 2. The van der Waals surface area contributed by atoms with Gasteiger partial charge in [0.25, 0.3) is 5.91 Å². The molecule has 0 atom stereocenters. The van der Waals surface area contributed by atoms with Crippen LogP contribution in [0.25, 0.3) is 0 Å². The van der Waals surface area contributed by atoms with Crippen LogP contribution in [0.3, 0.4) is 0 Å². The zero-order valence-electron chi connectivity index (χ0n) is 11.0. The molecule has 2 aliphatic rings. The maximum atomic E-state index is 12.6. The van der Waals surface area contributed by atoms with Gasteiger partial charge in [-0.2, -0.15) is 0 Å². The molecular formula is C14H16BrN3O2. The Kier molecular flexibility index (Phi) is 3.52. The summed E-state index contributed by atoms with van der Waals surface area (Å²) >= 11 is 3.37. The molecule has 0 radical (unpaired) electrons. The Morgan fingerprint density at radius 1 is 1.15 bits per heavy atom. The summed E-state index contributed by atoms with van der Waals surface area (Å²) in [5.74, 6) is -0.0908. The van der Waals surface area contributed by atoms with E-state index in [1.807, 2.05) is 24.3 Å². The standard InChI is InChI=1S/C14H16BrN3O2/c15-11-3-1-10(2-4-11)9-18-12(19)14(17-13(18)20)5-7-16-8-6-14/h1-4,16H,5-9H2,(H,17,20). The Morgan fingerprint density at radius 3 is 2.45 bits per heavy atom. The smallest absolute Gasteiger partial charge is 0.323 e. The highest BCUT2D eigenvalue weighted by atomic mass is 79.9. The first-order valence-electron chi connectivity index (χ1n) is 6.70. The van der Waals surface area contributed by atoms with E-state index in [9.17, 15) is 9.59 Å². The fourth-order valence-corrected chi connectivity index (χ4v) is 3.05. The number of halogens is 1. The summed E-state index contributed by atoms with van der Waals surface area (Å²) < 4.78 is 0.980. The van der Waals surface area contributed by atoms with Gasteiger partial charge in [-0.05, 0) is 43.6 Å². The van der Waals surface area contributed by atoms with Crippen LogP contribution in [-0.2, 0) is 11.3 Å². The summed E-state index contributed by atoms with van der Waals surface area (Å²) in [7, 11) is 0. The van der Waals surface area contributed by atoms with Gasteiger partial charge >= 0.3 is 6.03 Å². The van der Waals surface area contributed by atoms with Crippen molar-refractivity contribution in [3.63, 3.8) is 0 Å². The van der Waals surface area contributed by atoms with Crippen LogP contribution in [0.2, 0.25) is 0 Å². The lowest BCUT2D eigenvalue weighted by molar-refractivity contribution is -0.132. The lowest BCUT2D eigenvalue weighted by Gasteiger charge is -2.31. The molecule has 2 aliphatic heterocycles. The predicted octanol–water partition coefficient (Wildman–Crippen LogP) is 1.62. The second kappa shape index (κ2) is 5.18. The van der Waals surface area contributed by atoms with Gasteiger partial charge in [0.1, 0.15) is 5.54 Å². The molecule has 0 saturated carbocycles. The fourth-order valence-electron chi connectivity index (χ4n) is 2.78. The normalized spacial score (nSPS) is 21.4. The number of amides is 3. The van der Waals surface area contributed by atoms with Crippen LogP contribution in [0.5, 0.6) is 0 Å². The van der Waals surface area contributed by atoms with Crippen LogP contribution in [0.15, 0.2) is 28.7 Å². The van der Waals surface area contributed by atoms with Gasteiger partial charge in [0.15, 0.2) is 0 Å². The first-order chi connectivity index (χ1) is 9.61. The third kappa shape index (κ3) is 2.33. The summed E-state index contributed by atoms with van der Waals surface area (Å²) in [5, 5.41) is 6.10. The Labute approximate surface area is 125 Å². The number of nitrogens with zero attached hydrogens (tertiary/aromatic N) is 1. The zero-order valence-corrected chi connectivity index (χ0v) is 12.6. The van der Waals surface area contributed by atoms with E-state index in [-0.39, 0.29) is 11.9 Å². The minimum absolute atomic E-state index is 0.0908. The molecule has 0 bridgehead atoms. The molecule has 2 fully saturated rings. The van der Waals surface area contributed by atoms with E-state index in [4.69, 9.17) is 0 Å². The molecule has 20 heavy (non-hydrogen) atoms. The Hall–Kier alpha value is -1.40. The number of urea groups is 1. The summed E-state index contributed by atoms with van der Waals surface area (Å²) in [6, 6.07) is 7.37. The molecule has 6 heteroatoms. The van der Waals surface area contributed by atoms with E-state index in [2.05, 4.69) is 26.6 Å². The monoisotopic (exact) mass is 337 g/mol. The van der Waals surface area contributed by atoms with Crippen LogP contribution in [-0.4, -0.2) is 35.5 Å². The molecule has 106 valence electrons. The van der Waals surface area contributed by atoms with Crippen molar-refractivity contribution in [1.29, 1.82) is 0 Å². The molecule has 1 spiro atoms. The summed E-state index contributed by atoms with van der Waals surface area (Å²) in [6.07, 6.45) is 1.32. The van der Waals surface area contributed by atoms with Crippen LogP contribution in [0.1, 0.15) is 18.4 Å². The number of hydrogen-bond donors (Lipinski definition) is 2. The molecular weight excluding hydrogens is 322 g/mol. The van der Waals surface area contributed by atoms with Gasteiger partial charge in [0.2, 0.25) is 0 Å². The third-order valence-corrected chi connectivity index (χ3v) is 4.49. The number of piperidine rings is 1. The van der Waals surface area contributed by atoms with E-state index in [0.29, 0.717) is 19.4 Å². The topological polar surface area (TPSA) is 61.4 Å². The molecule has 5 nitrogen and oxygen atoms in total. The zero-order chi connectivity index (χ0) is 14.2. The Balaban J connectivity index is 1.78. The first-order valence-corrected chi connectivity index (χ1v) is 7.49. The summed E-state index contributed by atoms with van der Waals surface area (Å²) in [6.45, 7) is 1.85. The van der Waals surface area contributed by atoms with Crippen LogP contribution >= 0.6 is 15.9 Å². The van der Waals surface area contributed by atoms with Crippen LogP contribution < -0.4 is 10.6 Å². The van der Waals surface area contributed by atoms with Gasteiger partial charge in [-0.15, -0.1) is 0 Å². The fraction of sp³-hybridized carbons (Fsp3) is 0.429. The van der Waals surface area contributed by atoms with Gasteiger partial charge in [-0.3, -0.25) is 9.69 Å². The van der Waals surface area contributed by atoms with Crippen LogP contribution in [0.4, 0.5) is 4.79 Å².